The van der Waals surface area contributed by atoms with Gasteiger partial charge in [-0.05, 0) is 37.5 Å². The van der Waals surface area contributed by atoms with Crippen molar-refractivity contribution in [3.05, 3.63) is 23.8 Å². The van der Waals surface area contributed by atoms with Crippen LogP contribution in [0.15, 0.2) is 18.2 Å². The van der Waals surface area contributed by atoms with Crippen molar-refractivity contribution in [1.29, 1.82) is 0 Å². The predicted octanol–water partition coefficient (Wildman–Crippen LogP) is 2.74. The lowest BCUT2D eigenvalue weighted by Gasteiger charge is -2.26. The van der Waals surface area contributed by atoms with Crippen molar-refractivity contribution < 1.29 is 9.47 Å². The van der Waals surface area contributed by atoms with E-state index in [1.165, 1.54) is 24.8 Å². The molecule has 1 fully saturated rings. The van der Waals surface area contributed by atoms with Crippen LogP contribution in [0.3, 0.4) is 0 Å². The molecule has 17 heavy (non-hydrogen) atoms. The Kier molecular flexibility index (Phi) is 4.26. The van der Waals surface area contributed by atoms with Gasteiger partial charge in [-0.25, -0.2) is 0 Å². The molecule has 0 aromatic heterocycles. The lowest BCUT2D eigenvalue weighted by molar-refractivity contribution is 0.309. The minimum atomic E-state index is 0.663. The maximum atomic E-state index is 5.56. The van der Waals surface area contributed by atoms with Crippen LogP contribution in [0, 0.1) is 0 Å². The van der Waals surface area contributed by atoms with Crippen molar-refractivity contribution in [3.63, 3.8) is 0 Å². The van der Waals surface area contributed by atoms with Crippen LogP contribution in [0.2, 0.25) is 0 Å². The van der Waals surface area contributed by atoms with Crippen LogP contribution in [0.1, 0.15) is 31.7 Å². The first-order chi connectivity index (χ1) is 8.33. The van der Waals surface area contributed by atoms with Crippen LogP contribution in [-0.4, -0.2) is 19.8 Å². The summed E-state index contributed by atoms with van der Waals surface area (Å²) >= 11 is 0. The van der Waals surface area contributed by atoms with E-state index in [-0.39, 0.29) is 0 Å². The summed E-state index contributed by atoms with van der Waals surface area (Å²) in [6.07, 6.45) is 3.99. The summed E-state index contributed by atoms with van der Waals surface area (Å²) in [5.74, 6) is 1.64. The maximum Gasteiger partial charge on any atom is 0.161 e. The van der Waals surface area contributed by atoms with E-state index in [0.29, 0.717) is 12.6 Å². The Hall–Kier alpha value is -1.22. The summed E-state index contributed by atoms with van der Waals surface area (Å²) in [5.41, 5.74) is 1.25. The highest BCUT2D eigenvalue weighted by molar-refractivity contribution is 5.42. The number of ether oxygens (including phenoxy) is 2. The second-order valence-electron chi connectivity index (χ2n) is 4.43. The Bertz CT molecular complexity index is 361. The van der Waals surface area contributed by atoms with Gasteiger partial charge >= 0.3 is 0 Å². The highest BCUT2D eigenvalue weighted by Crippen LogP contribution is 2.28. The molecule has 0 unspecified atom stereocenters. The third-order valence-electron chi connectivity index (χ3n) is 3.23. The molecule has 0 saturated heterocycles. The van der Waals surface area contributed by atoms with Gasteiger partial charge in [0, 0.05) is 12.6 Å². The molecule has 0 atom stereocenters. The van der Waals surface area contributed by atoms with Gasteiger partial charge in [0.25, 0.3) is 0 Å². The summed E-state index contributed by atoms with van der Waals surface area (Å²) in [4.78, 5) is 0. The normalized spacial score (nSPS) is 15.4. The second kappa shape index (κ2) is 5.92. The Labute approximate surface area is 103 Å². The minimum absolute atomic E-state index is 0.663. The summed E-state index contributed by atoms with van der Waals surface area (Å²) < 4.78 is 10.8. The third-order valence-corrected chi connectivity index (χ3v) is 3.23. The number of nitrogens with one attached hydrogen (secondary N) is 1. The van der Waals surface area contributed by atoms with Crippen LogP contribution >= 0.6 is 0 Å². The molecular formula is C14H21NO2. The van der Waals surface area contributed by atoms with Crippen LogP contribution in [0.4, 0.5) is 0 Å². The molecular weight excluding hydrogens is 214 g/mol. The molecule has 3 heteroatoms. The topological polar surface area (TPSA) is 30.5 Å². The monoisotopic (exact) mass is 235 g/mol. The summed E-state index contributed by atoms with van der Waals surface area (Å²) in [6.45, 7) is 3.56. The van der Waals surface area contributed by atoms with Crippen molar-refractivity contribution in [2.45, 2.75) is 38.8 Å². The maximum absolute atomic E-state index is 5.56. The van der Waals surface area contributed by atoms with Gasteiger partial charge < -0.3 is 14.8 Å². The molecule has 0 aliphatic heterocycles. The van der Waals surface area contributed by atoms with E-state index in [9.17, 15) is 0 Å². The number of benzene rings is 1. The zero-order valence-electron chi connectivity index (χ0n) is 10.7. The van der Waals surface area contributed by atoms with Gasteiger partial charge in [0.05, 0.1) is 13.7 Å². The zero-order chi connectivity index (χ0) is 12.1. The Morgan fingerprint density at radius 3 is 2.71 bits per heavy atom. The number of rotatable bonds is 6. The second-order valence-corrected chi connectivity index (χ2v) is 4.43. The molecule has 0 bridgehead atoms. The van der Waals surface area contributed by atoms with Gasteiger partial charge in [0.2, 0.25) is 0 Å². The molecule has 1 aromatic carbocycles. The van der Waals surface area contributed by atoms with Gasteiger partial charge in [-0.15, -0.1) is 0 Å². The lowest BCUT2D eigenvalue weighted by Crippen LogP contribution is -2.34. The van der Waals surface area contributed by atoms with Crippen LogP contribution in [0.25, 0.3) is 0 Å². The fourth-order valence-corrected chi connectivity index (χ4v) is 1.97. The summed E-state index contributed by atoms with van der Waals surface area (Å²) in [5, 5.41) is 3.55. The predicted molar refractivity (Wildman–Crippen MR) is 68.6 cm³/mol. The smallest absolute Gasteiger partial charge is 0.161 e. The average Bonchev–Trinajstić information content (AvgIpc) is 2.28. The van der Waals surface area contributed by atoms with E-state index in [1.807, 2.05) is 13.0 Å². The van der Waals surface area contributed by atoms with Gasteiger partial charge in [-0.2, -0.15) is 0 Å². The molecule has 1 aliphatic rings. The third kappa shape index (κ3) is 3.13. The van der Waals surface area contributed by atoms with E-state index in [1.54, 1.807) is 7.11 Å². The first-order valence-electron chi connectivity index (χ1n) is 6.36. The van der Waals surface area contributed by atoms with Gasteiger partial charge in [0.1, 0.15) is 0 Å². The van der Waals surface area contributed by atoms with Gasteiger partial charge in [-0.1, -0.05) is 12.5 Å². The minimum Gasteiger partial charge on any atom is -0.493 e. The van der Waals surface area contributed by atoms with Crippen molar-refractivity contribution in [1.82, 2.24) is 5.32 Å². The molecule has 1 aromatic rings. The van der Waals surface area contributed by atoms with E-state index < -0.39 is 0 Å². The molecule has 1 saturated carbocycles. The Balaban J connectivity index is 1.98. The number of hydrogen-bond donors (Lipinski definition) is 1. The van der Waals surface area contributed by atoms with Crippen molar-refractivity contribution in [2.24, 2.45) is 0 Å². The fourth-order valence-electron chi connectivity index (χ4n) is 1.97. The van der Waals surface area contributed by atoms with Crippen LogP contribution in [-0.2, 0) is 6.54 Å². The number of methoxy groups -OCH3 is 1. The molecule has 3 nitrogen and oxygen atoms in total. The first-order valence-corrected chi connectivity index (χ1v) is 6.36. The van der Waals surface area contributed by atoms with Crippen LogP contribution < -0.4 is 14.8 Å². The molecule has 2 rings (SSSR count). The molecule has 0 amide bonds. The first kappa shape index (κ1) is 12.2. The quantitative estimate of drug-likeness (QED) is 0.822. The van der Waals surface area contributed by atoms with E-state index in [2.05, 4.69) is 17.4 Å². The van der Waals surface area contributed by atoms with Crippen LogP contribution in [0.5, 0.6) is 11.5 Å². The van der Waals surface area contributed by atoms with Gasteiger partial charge in [0.15, 0.2) is 11.5 Å². The highest BCUT2D eigenvalue weighted by atomic mass is 16.5. The average molecular weight is 235 g/mol. The van der Waals surface area contributed by atoms with Gasteiger partial charge in [-0.3, -0.25) is 0 Å². The van der Waals surface area contributed by atoms with E-state index in [0.717, 1.165) is 18.0 Å². The zero-order valence-corrected chi connectivity index (χ0v) is 10.7. The molecule has 1 N–H and O–H groups in total. The Morgan fingerprint density at radius 2 is 2.12 bits per heavy atom. The van der Waals surface area contributed by atoms with E-state index >= 15 is 0 Å². The molecule has 0 radical (unpaired) electrons. The Morgan fingerprint density at radius 1 is 1.29 bits per heavy atom. The fraction of sp³-hybridized carbons (Fsp3) is 0.571. The summed E-state index contributed by atoms with van der Waals surface area (Å²) in [6, 6.07) is 6.84. The van der Waals surface area contributed by atoms with Crippen molar-refractivity contribution in [3.8, 4) is 11.5 Å². The largest absolute Gasteiger partial charge is 0.493 e. The summed E-state index contributed by atoms with van der Waals surface area (Å²) in [7, 11) is 1.67. The standard InChI is InChI=1S/C14H21NO2/c1-3-17-14-9-11(7-8-13(14)16-2)10-15-12-5-4-6-12/h7-9,12,15H,3-6,10H2,1-2H3. The molecule has 0 spiro atoms. The van der Waals surface area contributed by atoms with E-state index in [4.69, 9.17) is 9.47 Å². The van der Waals surface area contributed by atoms with Crippen molar-refractivity contribution in [2.75, 3.05) is 13.7 Å². The molecule has 94 valence electrons. The van der Waals surface area contributed by atoms with Crippen molar-refractivity contribution >= 4 is 0 Å². The number of hydrogen-bond acceptors (Lipinski definition) is 3. The SMILES string of the molecule is CCOc1cc(CNC2CCC2)ccc1OC. The molecule has 1 aliphatic carbocycles. The molecule has 0 heterocycles. The highest BCUT2D eigenvalue weighted by Gasteiger charge is 2.16. The lowest BCUT2D eigenvalue weighted by atomic mass is 9.93.